The van der Waals surface area contributed by atoms with Gasteiger partial charge in [0.25, 0.3) is 0 Å². The van der Waals surface area contributed by atoms with Crippen LogP contribution >= 0.6 is 0 Å². The van der Waals surface area contributed by atoms with Crippen molar-refractivity contribution in [1.82, 2.24) is 0 Å². The Labute approximate surface area is 359 Å². The molecule has 1 spiro atoms. The smallest absolute Gasteiger partial charge is 0.135 e. The molecule has 4 atom stereocenters. The molecule has 1 aromatic heterocycles. The molecule has 6 aromatic rings. The van der Waals surface area contributed by atoms with Crippen LogP contribution in [0.5, 0.6) is 0 Å². The van der Waals surface area contributed by atoms with Crippen molar-refractivity contribution in [1.29, 1.82) is 0 Å². The molecule has 2 heteroatoms. The zero-order valence-electron chi connectivity index (χ0n) is 35.4. The maximum absolute atomic E-state index is 6.22. The van der Waals surface area contributed by atoms with Gasteiger partial charge in [-0.05, 0) is 148 Å². The molecule has 0 fully saturated rings. The van der Waals surface area contributed by atoms with Gasteiger partial charge in [0.2, 0.25) is 0 Å². The van der Waals surface area contributed by atoms with Crippen LogP contribution in [0.2, 0.25) is 0 Å². The highest BCUT2D eigenvalue weighted by Crippen LogP contribution is 2.67. The Bertz CT molecular complexity index is 3070. The minimum absolute atomic E-state index is 0.0260. The predicted octanol–water partition coefficient (Wildman–Crippen LogP) is 15.1. The molecule has 0 saturated heterocycles. The minimum Gasteiger partial charge on any atom is -0.456 e. The summed E-state index contributed by atoms with van der Waals surface area (Å²) in [5, 5.41) is 2.38. The van der Waals surface area contributed by atoms with E-state index in [-0.39, 0.29) is 16.9 Å². The number of hydrogen-bond acceptors (Lipinski definition) is 2. The zero-order chi connectivity index (χ0) is 40.6. The number of benzene rings is 5. The van der Waals surface area contributed by atoms with Gasteiger partial charge in [-0.15, -0.1) is 0 Å². The second-order valence-electron chi connectivity index (χ2n) is 19.4. The number of anilines is 1. The first kappa shape index (κ1) is 35.6. The molecule has 13 rings (SSSR count). The first-order valence-corrected chi connectivity index (χ1v) is 22.9. The van der Waals surface area contributed by atoms with Crippen molar-refractivity contribution in [3.05, 3.63) is 214 Å². The van der Waals surface area contributed by atoms with Crippen molar-refractivity contribution in [3.8, 4) is 11.1 Å². The molecule has 7 aliphatic rings. The van der Waals surface area contributed by atoms with Gasteiger partial charge >= 0.3 is 0 Å². The van der Waals surface area contributed by atoms with Crippen LogP contribution in [0, 0.1) is 17.3 Å². The average molecular weight is 790 g/mol. The fourth-order valence-corrected chi connectivity index (χ4v) is 13.3. The second-order valence-corrected chi connectivity index (χ2v) is 19.4. The van der Waals surface area contributed by atoms with Crippen LogP contribution in [0.1, 0.15) is 93.0 Å². The molecule has 0 saturated carbocycles. The lowest BCUT2D eigenvalue weighted by atomic mass is 9.62. The first-order chi connectivity index (χ1) is 29.9. The van der Waals surface area contributed by atoms with Gasteiger partial charge in [-0.1, -0.05) is 148 Å². The third kappa shape index (κ3) is 4.91. The zero-order valence-corrected chi connectivity index (χ0v) is 35.4. The molecule has 2 nitrogen and oxygen atoms in total. The molecule has 61 heavy (non-hydrogen) atoms. The number of fused-ring (bicyclic) bond motifs is 15. The van der Waals surface area contributed by atoms with Crippen molar-refractivity contribution in [3.63, 3.8) is 0 Å². The Morgan fingerprint density at radius 2 is 1.51 bits per heavy atom. The fraction of sp³-hybridized carbons (Fsp3) is 0.254. The summed E-state index contributed by atoms with van der Waals surface area (Å²) < 4.78 is 6.22. The number of hydrogen-bond donors (Lipinski definition) is 0. The van der Waals surface area contributed by atoms with Crippen LogP contribution in [0.15, 0.2) is 190 Å². The van der Waals surface area contributed by atoms with E-state index in [2.05, 4.69) is 183 Å². The van der Waals surface area contributed by atoms with E-state index in [1.165, 1.54) is 89.8 Å². The number of nitrogens with zero attached hydrogens (tertiary/aromatic N) is 1. The normalized spacial score (nSPS) is 24.7. The maximum atomic E-state index is 6.22. The van der Waals surface area contributed by atoms with Crippen LogP contribution in [0.25, 0.3) is 38.6 Å². The van der Waals surface area contributed by atoms with Gasteiger partial charge in [0.1, 0.15) is 11.2 Å². The maximum Gasteiger partial charge on any atom is 0.135 e. The Hall–Kier alpha value is -6.12. The topological polar surface area (TPSA) is 16.4 Å². The van der Waals surface area contributed by atoms with E-state index >= 15 is 0 Å². The molecule has 0 amide bonds. The van der Waals surface area contributed by atoms with E-state index in [1.54, 1.807) is 5.57 Å². The molecule has 4 unspecified atom stereocenters. The van der Waals surface area contributed by atoms with E-state index in [1.807, 2.05) is 0 Å². The summed E-state index contributed by atoms with van der Waals surface area (Å²) >= 11 is 0. The fourth-order valence-electron chi connectivity index (χ4n) is 13.3. The number of allylic oxidation sites excluding steroid dienone is 12. The molecule has 5 aromatic carbocycles. The Kier molecular flexibility index (Phi) is 7.56. The largest absolute Gasteiger partial charge is 0.456 e. The molecule has 0 bridgehead atoms. The van der Waals surface area contributed by atoms with Gasteiger partial charge in [-0.2, -0.15) is 0 Å². The standard InChI is InChI=1S/C59H51NO/c1-36-20-28-46-47-30-27-41(35-55(47)59(54(46)32-36)51-17-9-5-13-43(51)44-14-6-10-18-52(44)59)60(40-26-29-45-42-12-4-8-16-50(42)58(2,3)53(45)34-40)39-24-21-37(22-25-39)38-23-31-57-49(33-38)48-15-7-11-19-56(48)61-57/h4-7,9-15,17-21,23-24,27-31,33-36,40,46,54H,8,16,22,25-26,32H2,1-3H3. The molecule has 7 aliphatic carbocycles. The molecule has 0 aliphatic heterocycles. The lowest BCUT2D eigenvalue weighted by molar-refractivity contribution is 0.314. The summed E-state index contributed by atoms with van der Waals surface area (Å²) in [5.41, 5.74) is 22.0. The van der Waals surface area contributed by atoms with E-state index in [0.29, 0.717) is 17.8 Å². The third-order valence-corrected chi connectivity index (χ3v) is 16.0. The van der Waals surface area contributed by atoms with Crippen molar-refractivity contribution in [2.45, 2.75) is 76.7 Å². The van der Waals surface area contributed by atoms with E-state index in [0.717, 1.165) is 43.3 Å². The summed E-state index contributed by atoms with van der Waals surface area (Å²) in [6.45, 7) is 7.36. The van der Waals surface area contributed by atoms with Crippen molar-refractivity contribution in [2.24, 2.45) is 17.3 Å². The minimum atomic E-state index is -0.196. The highest BCUT2D eigenvalue weighted by atomic mass is 16.3. The lowest BCUT2D eigenvalue weighted by Crippen LogP contribution is -2.37. The predicted molar refractivity (Wildman–Crippen MR) is 253 cm³/mol. The Balaban J connectivity index is 0.980. The van der Waals surface area contributed by atoms with Crippen LogP contribution in [-0.4, -0.2) is 6.04 Å². The SMILES string of the molecule is CC1C=CC2c3ccc(N(C4=CC=C(c5ccc6oc7ccccc7c6c5)CC4)C4C=C5C(=CC4)C4=C(CCC=C4)C5(C)C)cc3C3(c4ccccc4-c4ccccc43)C2C1. The molecular formula is C59H51NO. The van der Waals surface area contributed by atoms with Gasteiger partial charge < -0.3 is 9.32 Å². The quantitative estimate of drug-likeness (QED) is 0.165. The van der Waals surface area contributed by atoms with Gasteiger partial charge in [-0.3, -0.25) is 0 Å². The number of rotatable bonds is 4. The Morgan fingerprint density at radius 1 is 0.721 bits per heavy atom. The summed E-state index contributed by atoms with van der Waals surface area (Å²) in [7, 11) is 0. The van der Waals surface area contributed by atoms with Crippen molar-refractivity contribution < 1.29 is 4.42 Å². The van der Waals surface area contributed by atoms with E-state index in [4.69, 9.17) is 4.42 Å². The van der Waals surface area contributed by atoms with Crippen LogP contribution in [0.3, 0.4) is 0 Å². The van der Waals surface area contributed by atoms with Crippen molar-refractivity contribution in [2.75, 3.05) is 4.90 Å². The molecule has 298 valence electrons. The Morgan fingerprint density at radius 3 is 2.33 bits per heavy atom. The van der Waals surface area contributed by atoms with E-state index in [9.17, 15) is 0 Å². The molecular weight excluding hydrogens is 739 g/mol. The average Bonchev–Trinajstić information content (AvgIpc) is 3.98. The number of furan rings is 1. The summed E-state index contributed by atoms with van der Waals surface area (Å²) in [6.07, 6.45) is 26.4. The van der Waals surface area contributed by atoms with Gasteiger partial charge in [0.05, 0.1) is 11.5 Å². The van der Waals surface area contributed by atoms with Gasteiger partial charge in [-0.25, -0.2) is 0 Å². The first-order valence-electron chi connectivity index (χ1n) is 22.9. The summed E-state index contributed by atoms with van der Waals surface area (Å²) in [4.78, 5) is 2.75. The highest BCUT2D eigenvalue weighted by Gasteiger charge is 2.58. The van der Waals surface area contributed by atoms with Crippen LogP contribution in [0.4, 0.5) is 5.69 Å². The van der Waals surface area contributed by atoms with Gasteiger partial charge in [0.15, 0.2) is 0 Å². The second kappa shape index (κ2) is 12.9. The summed E-state index contributed by atoms with van der Waals surface area (Å²) in [6, 6.07) is 41.8. The van der Waals surface area contributed by atoms with Gasteiger partial charge in [0, 0.05) is 33.5 Å². The van der Waals surface area contributed by atoms with Crippen molar-refractivity contribution >= 4 is 33.2 Å². The summed E-state index contributed by atoms with van der Waals surface area (Å²) in [5.74, 6) is 1.40. The molecule has 1 heterocycles. The lowest BCUT2D eigenvalue weighted by Gasteiger charge is -2.40. The third-order valence-electron chi connectivity index (χ3n) is 16.0. The van der Waals surface area contributed by atoms with Crippen LogP contribution < -0.4 is 4.90 Å². The monoisotopic (exact) mass is 789 g/mol. The van der Waals surface area contributed by atoms with E-state index < -0.39 is 0 Å². The number of para-hydroxylation sites is 1. The molecule has 0 radical (unpaired) electrons. The molecule has 0 N–H and O–H groups in total. The van der Waals surface area contributed by atoms with Crippen LogP contribution in [-0.2, 0) is 5.41 Å². The highest BCUT2D eigenvalue weighted by molar-refractivity contribution is 6.05.